The Labute approximate surface area is 110 Å². The first-order chi connectivity index (χ1) is 8.61. The van der Waals surface area contributed by atoms with E-state index in [1.54, 1.807) is 0 Å². The zero-order chi connectivity index (χ0) is 13.0. The van der Waals surface area contributed by atoms with Gasteiger partial charge < -0.3 is 4.42 Å². The highest BCUT2D eigenvalue weighted by Crippen LogP contribution is 2.29. The van der Waals surface area contributed by atoms with E-state index in [9.17, 15) is 8.42 Å². The van der Waals surface area contributed by atoms with Crippen LogP contribution in [0.4, 0.5) is 0 Å². The van der Waals surface area contributed by atoms with Crippen molar-refractivity contribution in [2.75, 3.05) is 17.3 Å². The van der Waals surface area contributed by atoms with Gasteiger partial charge in [0.25, 0.3) is 5.22 Å². The van der Waals surface area contributed by atoms with Gasteiger partial charge in [0.15, 0.2) is 9.84 Å². The van der Waals surface area contributed by atoms with Crippen LogP contribution in [0.2, 0.25) is 0 Å². The Balaban J connectivity index is 1.89. The molecule has 0 bridgehead atoms. The summed E-state index contributed by atoms with van der Waals surface area (Å²) in [5.74, 6) is 1.31. The lowest BCUT2D eigenvalue weighted by atomic mass is 10.1. The molecule has 1 aliphatic heterocycles. The minimum atomic E-state index is -2.93. The van der Waals surface area contributed by atoms with Crippen molar-refractivity contribution in [3.05, 3.63) is 5.89 Å². The summed E-state index contributed by atoms with van der Waals surface area (Å²) in [6.07, 6.45) is 1.84. The Hall–Kier alpha value is -1.07. The maximum Gasteiger partial charge on any atom is 0.276 e. The van der Waals surface area contributed by atoms with Crippen molar-refractivity contribution in [2.45, 2.75) is 30.4 Å². The van der Waals surface area contributed by atoms with Crippen LogP contribution in [0.3, 0.4) is 0 Å². The Kier molecular flexibility index (Phi) is 4.24. The molecule has 1 saturated heterocycles. The third-order valence-electron chi connectivity index (χ3n) is 2.66. The summed E-state index contributed by atoms with van der Waals surface area (Å²) in [7, 11) is -2.93. The summed E-state index contributed by atoms with van der Waals surface area (Å²) in [6.45, 7) is 0. The molecular formula is C10H13N3O3S2. The monoisotopic (exact) mass is 287 g/mol. The van der Waals surface area contributed by atoms with E-state index in [2.05, 4.69) is 16.3 Å². The zero-order valence-corrected chi connectivity index (χ0v) is 11.3. The molecule has 98 valence electrons. The number of sulfone groups is 1. The second kappa shape index (κ2) is 5.71. The molecule has 2 rings (SSSR count). The van der Waals surface area contributed by atoms with Crippen LogP contribution in [0.1, 0.15) is 31.1 Å². The first-order valence-corrected chi connectivity index (χ1v) is 8.45. The first-order valence-electron chi connectivity index (χ1n) is 5.64. The minimum absolute atomic E-state index is 0.105. The van der Waals surface area contributed by atoms with Crippen LogP contribution in [-0.4, -0.2) is 35.9 Å². The van der Waals surface area contributed by atoms with E-state index in [1.165, 1.54) is 11.8 Å². The Morgan fingerprint density at radius 2 is 2.33 bits per heavy atom. The van der Waals surface area contributed by atoms with E-state index >= 15 is 0 Å². The molecule has 1 aromatic heterocycles. The number of unbranched alkanes of at least 4 members (excludes halogenated alkanes) is 1. The fourth-order valence-corrected chi connectivity index (χ4v) is 4.18. The number of hydrogen-bond donors (Lipinski definition) is 0. The lowest BCUT2D eigenvalue weighted by molar-refractivity contribution is 0.393. The molecule has 0 amide bonds. The van der Waals surface area contributed by atoms with Crippen LogP contribution in [0.15, 0.2) is 9.64 Å². The van der Waals surface area contributed by atoms with Crippen molar-refractivity contribution >= 4 is 21.6 Å². The number of hydrogen-bond acceptors (Lipinski definition) is 7. The number of rotatable bonds is 5. The van der Waals surface area contributed by atoms with E-state index in [0.29, 0.717) is 24.0 Å². The highest BCUT2D eigenvalue weighted by atomic mass is 32.2. The summed E-state index contributed by atoms with van der Waals surface area (Å²) in [6, 6.07) is 2.07. The van der Waals surface area contributed by atoms with Crippen molar-refractivity contribution < 1.29 is 12.8 Å². The number of nitriles is 1. The molecule has 8 heteroatoms. The predicted molar refractivity (Wildman–Crippen MR) is 65.9 cm³/mol. The lowest BCUT2D eigenvalue weighted by Gasteiger charge is -1.98. The van der Waals surface area contributed by atoms with E-state index in [4.69, 9.17) is 9.68 Å². The molecule has 18 heavy (non-hydrogen) atoms. The van der Waals surface area contributed by atoms with Gasteiger partial charge in [-0.2, -0.15) is 5.26 Å². The Bertz CT molecular complexity index is 547. The molecule has 1 aliphatic rings. The Morgan fingerprint density at radius 1 is 1.50 bits per heavy atom. The second-order valence-corrected chi connectivity index (χ2v) is 7.39. The molecule has 1 atom stereocenters. The van der Waals surface area contributed by atoms with Gasteiger partial charge in [-0.25, -0.2) is 8.42 Å². The summed E-state index contributed by atoms with van der Waals surface area (Å²) >= 11 is 1.40. The molecule has 2 heterocycles. The average Bonchev–Trinajstić information content (AvgIpc) is 2.91. The third-order valence-corrected chi connectivity index (χ3v) is 5.33. The maximum atomic E-state index is 11.3. The second-order valence-electron chi connectivity index (χ2n) is 4.12. The van der Waals surface area contributed by atoms with E-state index in [-0.39, 0.29) is 17.4 Å². The molecule has 0 aromatic carbocycles. The standard InChI is InChI=1S/C10H13N3O3S2/c11-4-1-2-5-17-10-13-12-9(16-10)8-3-6-18(14,15)7-8/h8H,1-3,5-7H2/t8-/m0/s1. The van der Waals surface area contributed by atoms with Gasteiger partial charge in [0.1, 0.15) is 0 Å². The van der Waals surface area contributed by atoms with Gasteiger partial charge in [-0.05, 0) is 12.8 Å². The normalized spacial score (nSPS) is 21.8. The summed E-state index contributed by atoms with van der Waals surface area (Å²) in [4.78, 5) is 0. The van der Waals surface area contributed by atoms with Crippen LogP contribution in [0.25, 0.3) is 0 Å². The lowest BCUT2D eigenvalue weighted by Crippen LogP contribution is -2.03. The predicted octanol–water partition coefficient (Wildman–Crippen LogP) is 1.37. The van der Waals surface area contributed by atoms with Gasteiger partial charge in [0, 0.05) is 12.2 Å². The van der Waals surface area contributed by atoms with Gasteiger partial charge in [0.2, 0.25) is 5.89 Å². The number of aromatic nitrogens is 2. The SMILES string of the molecule is N#CCCCSc1nnc([C@H]2CCS(=O)(=O)C2)o1. The van der Waals surface area contributed by atoms with E-state index < -0.39 is 9.84 Å². The number of thioether (sulfide) groups is 1. The van der Waals surface area contributed by atoms with Crippen molar-refractivity contribution in [3.8, 4) is 6.07 Å². The van der Waals surface area contributed by atoms with Crippen LogP contribution in [-0.2, 0) is 9.84 Å². The molecule has 0 N–H and O–H groups in total. The van der Waals surface area contributed by atoms with Gasteiger partial charge in [-0.15, -0.1) is 10.2 Å². The van der Waals surface area contributed by atoms with Crippen LogP contribution in [0, 0.1) is 11.3 Å². The van der Waals surface area contributed by atoms with Crippen LogP contribution < -0.4 is 0 Å². The molecule has 6 nitrogen and oxygen atoms in total. The fraction of sp³-hybridized carbons (Fsp3) is 0.700. The van der Waals surface area contributed by atoms with E-state index in [1.807, 2.05) is 0 Å². The van der Waals surface area contributed by atoms with Crippen molar-refractivity contribution in [1.29, 1.82) is 5.26 Å². The van der Waals surface area contributed by atoms with E-state index in [0.717, 1.165) is 12.2 Å². The highest BCUT2D eigenvalue weighted by molar-refractivity contribution is 7.99. The number of nitrogens with zero attached hydrogens (tertiary/aromatic N) is 3. The van der Waals surface area contributed by atoms with Crippen molar-refractivity contribution in [2.24, 2.45) is 0 Å². The van der Waals surface area contributed by atoms with Gasteiger partial charge in [0.05, 0.1) is 23.5 Å². The minimum Gasteiger partial charge on any atom is -0.416 e. The third kappa shape index (κ3) is 3.46. The van der Waals surface area contributed by atoms with Crippen molar-refractivity contribution in [3.63, 3.8) is 0 Å². The Morgan fingerprint density at radius 3 is 3.00 bits per heavy atom. The molecule has 1 aromatic rings. The van der Waals surface area contributed by atoms with Crippen LogP contribution in [0.5, 0.6) is 0 Å². The van der Waals surface area contributed by atoms with Crippen molar-refractivity contribution in [1.82, 2.24) is 10.2 Å². The van der Waals surface area contributed by atoms with Gasteiger partial charge in [-0.3, -0.25) is 0 Å². The average molecular weight is 287 g/mol. The summed E-state index contributed by atoms with van der Waals surface area (Å²) in [5, 5.41) is 16.6. The zero-order valence-electron chi connectivity index (χ0n) is 9.70. The molecule has 0 spiro atoms. The fourth-order valence-electron chi connectivity index (χ4n) is 1.74. The molecule has 0 radical (unpaired) electrons. The first kappa shape index (κ1) is 13.4. The molecule has 1 fully saturated rings. The quantitative estimate of drug-likeness (QED) is 0.596. The smallest absolute Gasteiger partial charge is 0.276 e. The van der Waals surface area contributed by atoms with Gasteiger partial charge >= 0.3 is 0 Å². The molecule has 0 unspecified atom stereocenters. The topological polar surface area (TPSA) is 96.9 Å². The largest absolute Gasteiger partial charge is 0.416 e. The summed E-state index contributed by atoms with van der Waals surface area (Å²) in [5.41, 5.74) is 0. The van der Waals surface area contributed by atoms with Crippen LogP contribution >= 0.6 is 11.8 Å². The highest BCUT2D eigenvalue weighted by Gasteiger charge is 2.32. The summed E-state index contributed by atoms with van der Waals surface area (Å²) < 4.78 is 28.1. The van der Waals surface area contributed by atoms with Gasteiger partial charge in [-0.1, -0.05) is 11.8 Å². The molecular weight excluding hydrogens is 274 g/mol. The maximum absolute atomic E-state index is 11.3. The molecule has 0 aliphatic carbocycles. The molecule has 0 saturated carbocycles.